The number of aromatic nitrogens is 3. The minimum atomic E-state index is 0.543. The summed E-state index contributed by atoms with van der Waals surface area (Å²) in [6.07, 6.45) is 5.11. The van der Waals surface area contributed by atoms with Crippen molar-refractivity contribution in [1.29, 1.82) is 0 Å². The number of pyridine rings is 1. The Labute approximate surface area is 158 Å². The van der Waals surface area contributed by atoms with Gasteiger partial charge in [-0.05, 0) is 36.8 Å². The third kappa shape index (κ3) is 3.46. The number of allylic oxidation sites excluding steroid dienone is 1. The number of hydrogen-bond acceptors (Lipinski definition) is 6. The average molecular weight is 359 g/mol. The number of ether oxygens (including phenoxy) is 1. The molecule has 0 saturated heterocycles. The standard InChI is InChI=1S/C21H21N5O/c1-13-11-20(22-2)26-21(23-13)24-15-8-10-19(27-3)16(12-15)18-9-7-14-5-4-6-17(14)25-18/h4-5,7-12H,6H2,1-3H3,(H2,22,23,24,26). The second-order valence-electron chi connectivity index (χ2n) is 6.35. The van der Waals surface area contributed by atoms with E-state index in [2.05, 4.69) is 38.8 Å². The molecule has 2 aromatic heterocycles. The Balaban J connectivity index is 1.70. The highest BCUT2D eigenvalue weighted by Crippen LogP contribution is 2.33. The summed E-state index contributed by atoms with van der Waals surface area (Å²) in [7, 11) is 3.51. The number of methoxy groups -OCH3 is 1. The lowest BCUT2D eigenvalue weighted by Gasteiger charge is -2.13. The summed E-state index contributed by atoms with van der Waals surface area (Å²) in [5.74, 6) is 2.09. The fourth-order valence-electron chi connectivity index (χ4n) is 3.14. The van der Waals surface area contributed by atoms with Gasteiger partial charge in [0.25, 0.3) is 0 Å². The lowest BCUT2D eigenvalue weighted by atomic mass is 10.1. The predicted octanol–water partition coefficient (Wildman–Crippen LogP) is 4.21. The molecule has 0 spiro atoms. The van der Waals surface area contributed by atoms with E-state index in [0.717, 1.165) is 46.3 Å². The fraction of sp³-hybridized carbons (Fsp3) is 0.190. The molecule has 4 rings (SSSR count). The van der Waals surface area contributed by atoms with Gasteiger partial charge >= 0.3 is 0 Å². The summed E-state index contributed by atoms with van der Waals surface area (Å²) in [6, 6.07) is 11.9. The van der Waals surface area contributed by atoms with Crippen molar-refractivity contribution in [3.8, 4) is 17.0 Å². The van der Waals surface area contributed by atoms with Gasteiger partial charge in [0, 0.05) is 36.5 Å². The number of anilines is 3. The topological polar surface area (TPSA) is 72.0 Å². The molecule has 0 radical (unpaired) electrons. The highest BCUT2D eigenvalue weighted by atomic mass is 16.5. The molecule has 1 aromatic carbocycles. The first-order valence-corrected chi connectivity index (χ1v) is 8.81. The molecule has 136 valence electrons. The molecule has 6 nitrogen and oxygen atoms in total. The molecule has 0 saturated carbocycles. The molecule has 0 atom stereocenters. The molecular weight excluding hydrogens is 338 g/mol. The first kappa shape index (κ1) is 17.0. The van der Waals surface area contributed by atoms with Crippen LogP contribution >= 0.6 is 0 Å². The number of rotatable bonds is 5. The van der Waals surface area contributed by atoms with Gasteiger partial charge in [0.05, 0.1) is 18.5 Å². The summed E-state index contributed by atoms with van der Waals surface area (Å²) in [5.41, 5.74) is 5.85. The SMILES string of the molecule is CNc1cc(C)nc(Nc2ccc(OC)c(-c3ccc4c(n3)CC=C4)c2)n1. The van der Waals surface area contributed by atoms with Crippen LogP contribution in [0, 0.1) is 6.92 Å². The van der Waals surface area contributed by atoms with Crippen molar-refractivity contribution in [2.75, 3.05) is 24.8 Å². The van der Waals surface area contributed by atoms with E-state index in [-0.39, 0.29) is 0 Å². The van der Waals surface area contributed by atoms with Gasteiger partial charge < -0.3 is 15.4 Å². The van der Waals surface area contributed by atoms with Crippen LogP contribution in [0.4, 0.5) is 17.5 Å². The molecule has 6 heteroatoms. The molecule has 2 N–H and O–H groups in total. The first-order valence-electron chi connectivity index (χ1n) is 8.81. The smallest absolute Gasteiger partial charge is 0.229 e. The van der Waals surface area contributed by atoms with Crippen molar-refractivity contribution >= 4 is 23.5 Å². The van der Waals surface area contributed by atoms with Crippen LogP contribution in [-0.2, 0) is 6.42 Å². The van der Waals surface area contributed by atoms with E-state index in [1.54, 1.807) is 7.11 Å². The third-order valence-corrected chi connectivity index (χ3v) is 4.46. The molecule has 0 unspecified atom stereocenters. The fourth-order valence-corrected chi connectivity index (χ4v) is 3.14. The Morgan fingerprint density at radius 1 is 1.04 bits per heavy atom. The van der Waals surface area contributed by atoms with E-state index in [4.69, 9.17) is 9.72 Å². The summed E-state index contributed by atoms with van der Waals surface area (Å²) in [4.78, 5) is 13.7. The van der Waals surface area contributed by atoms with E-state index < -0.39 is 0 Å². The van der Waals surface area contributed by atoms with Crippen LogP contribution in [0.25, 0.3) is 17.3 Å². The third-order valence-electron chi connectivity index (χ3n) is 4.46. The molecule has 2 heterocycles. The van der Waals surface area contributed by atoms with E-state index in [9.17, 15) is 0 Å². The van der Waals surface area contributed by atoms with Crippen LogP contribution < -0.4 is 15.4 Å². The Kier molecular flexibility index (Phi) is 4.46. The van der Waals surface area contributed by atoms with Crippen molar-refractivity contribution in [2.45, 2.75) is 13.3 Å². The van der Waals surface area contributed by atoms with E-state index >= 15 is 0 Å². The van der Waals surface area contributed by atoms with Gasteiger partial charge in [-0.1, -0.05) is 18.2 Å². The molecule has 3 aromatic rings. The molecule has 0 aliphatic heterocycles. The number of hydrogen-bond donors (Lipinski definition) is 2. The second kappa shape index (κ2) is 7.07. The van der Waals surface area contributed by atoms with Gasteiger partial charge in [0.15, 0.2) is 0 Å². The lowest BCUT2D eigenvalue weighted by molar-refractivity contribution is 0.416. The molecule has 1 aliphatic rings. The summed E-state index contributed by atoms with van der Waals surface area (Å²) in [5, 5.41) is 6.32. The van der Waals surface area contributed by atoms with Crippen LogP contribution in [0.1, 0.15) is 17.0 Å². The summed E-state index contributed by atoms with van der Waals surface area (Å²) >= 11 is 0. The first-order chi connectivity index (χ1) is 13.2. The Bertz CT molecular complexity index is 1030. The number of fused-ring (bicyclic) bond motifs is 1. The van der Waals surface area contributed by atoms with E-state index in [0.29, 0.717) is 5.95 Å². The van der Waals surface area contributed by atoms with Gasteiger partial charge in [-0.15, -0.1) is 0 Å². The Morgan fingerprint density at radius 3 is 2.74 bits per heavy atom. The minimum Gasteiger partial charge on any atom is -0.496 e. The molecule has 1 aliphatic carbocycles. The normalized spacial score (nSPS) is 12.0. The zero-order valence-electron chi connectivity index (χ0n) is 15.6. The van der Waals surface area contributed by atoms with Crippen LogP contribution in [-0.4, -0.2) is 29.1 Å². The molecular formula is C21H21N5O. The number of benzene rings is 1. The zero-order chi connectivity index (χ0) is 18.8. The Hall–Kier alpha value is -3.41. The van der Waals surface area contributed by atoms with Crippen molar-refractivity contribution < 1.29 is 4.74 Å². The highest BCUT2D eigenvalue weighted by molar-refractivity contribution is 5.74. The number of aryl methyl sites for hydroxylation is 1. The maximum absolute atomic E-state index is 5.56. The summed E-state index contributed by atoms with van der Waals surface area (Å²) < 4.78 is 5.56. The molecule has 0 amide bonds. The average Bonchev–Trinajstić information content (AvgIpc) is 3.15. The monoisotopic (exact) mass is 359 g/mol. The lowest BCUT2D eigenvalue weighted by Crippen LogP contribution is -2.02. The van der Waals surface area contributed by atoms with E-state index in [1.165, 1.54) is 5.56 Å². The maximum Gasteiger partial charge on any atom is 0.229 e. The molecule has 27 heavy (non-hydrogen) atoms. The maximum atomic E-state index is 5.56. The highest BCUT2D eigenvalue weighted by Gasteiger charge is 2.13. The minimum absolute atomic E-state index is 0.543. The van der Waals surface area contributed by atoms with Gasteiger partial charge in [0.2, 0.25) is 5.95 Å². The number of nitrogens with one attached hydrogen (secondary N) is 2. The quantitative estimate of drug-likeness (QED) is 0.711. The van der Waals surface area contributed by atoms with Crippen LogP contribution in [0.3, 0.4) is 0 Å². The van der Waals surface area contributed by atoms with Crippen molar-refractivity contribution in [1.82, 2.24) is 15.0 Å². The molecule has 0 bridgehead atoms. The van der Waals surface area contributed by atoms with Crippen LogP contribution in [0.15, 0.2) is 42.5 Å². The van der Waals surface area contributed by atoms with Gasteiger partial charge in [-0.3, -0.25) is 4.98 Å². The zero-order valence-corrected chi connectivity index (χ0v) is 15.6. The van der Waals surface area contributed by atoms with Gasteiger partial charge in [-0.2, -0.15) is 4.98 Å². The number of nitrogens with zero attached hydrogens (tertiary/aromatic N) is 3. The second-order valence-corrected chi connectivity index (χ2v) is 6.35. The van der Waals surface area contributed by atoms with Gasteiger partial charge in [0.1, 0.15) is 11.6 Å². The van der Waals surface area contributed by atoms with Crippen LogP contribution in [0.2, 0.25) is 0 Å². The van der Waals surface area contributed by atoms with Gasteiger partial charge in [-0.25, -0.2) is 4.98 Å². The van der Waals surface area contributed by atoms with E-state index in [1.807, 2.05) is 44.3 Å². The van der Waals surface area contributed by atoms with Crippen molar-refractivity contribution in [3.63, 3.8) is 0 Å². The summed E-state index contributed by atoms with van der Waals surface area (Å²) in [6.45, 7) is 1.94. The molecule has 0 fully saturated rings. The largest absolute Gasteiger partial charge is 0.496 e. The Morgan fingerprint density at radius 2 is 1.93 bits per heavy atom. The van der Waals surface area contributed by atoms with Crippen molar-refractivity contribution in [2.24, 2.45) is 0 Å². The van der Waals surface area contributed by atoms with Crippen LogP contribution in [0.5, 0.6) is 5.75 Å². The van der Waals surface area contributed by atoms with Crippen molar-refractivity contribution in [3.05, 3.63) is 59.4 Å². The predicted molar refractivity (Wildman–Crippen MR) is 109 cm³/mol.